The van der Waals surface area contributed by atoms with Crippen LogP contribution in [0.4, 0.5) is 0 Å². The van der Waals surface area contributed by atoms with Gasteiger partial charge in [-0.05, 0) is 36.5 Å². The molecular weight excluding hydrogens is 278 g/mol. The van der Waals surface area contributed by atoms with Gasteiger partial charge in [-0.2, -0.15) is 4.31 Å². The third kappa shape index (κ3) is 3.38. The van der Waals surface area contributed by atoms with E-state index < -0.39 is 10.0 Å². The summed E-state index contributed by atoms with van der Waals surface area (Å²) in [5, 5.41) is 9.13. The van der Waals surface area contributed by atoms with E-state index in [1.807, 2.05) is 0 Å². The average Bonchev–Trinajstić information content (AvgIpc) is 2.48. The third-order valence-electron chi connectivity index (χ3n) is 3.60. The van der Waals surface area contributed by atoms with Crippen LogP contribution < -0.4 is 0 Å². The molecule has 5 nitrogen and oxygen atoms in total. The molecule has 0 spiro atoms. The van der Waals surface area contributed by atoms with E-state index in [9.17, 15) is 8.42 Å². The Balaban J connectivity index is 2.20. The largest absolute Gasteiger partial charge is 0.392 e. The van der Waals surface area contributed by atoms with Crippen molar-refractivity contribution in [3.05, 3.63) is 29.8 Å². The van der Waals surface area contributed by atoms with Gasteiger partial charge in [-0.15, -0.1) is 0 Å². The number of ether oxygens (including phenoxy) is 1. The molecule has 1 atom stereocenters. The Morgan fingerprint density at radius 1 is 1.45 bits per heavy atom. The summed E-state index contributed by atoms with van der Waals surface area (Å²) in [7, 11) is -1.84. The van der Waals surface area contributed by atoms with Crippen molar-refractivity contribution in [2.24, 2.45) is 5.92 Å². The molecule has 112 valence electrons. The van der Waals surface area contributed by atoms with Crippen molar-refractivity contribution in [1.82, 2.24) is 4.31 Å². The fourth-order valence-electron chi connectivity index (χ4n) is 2.57. The Labute approximate surface area is 120 Å². The number of piperidine rings is 1. The Hall–Kier alpha value is -0.950. The predicted octanol–water partition coefficient (Wildman–Crippen LogP) is 1.23. The van der Waals surface area contributed by atoms with Gasteiger partial charge < -0.3 is 9.84 Å². The lowest BCUT2D eigenvalue weighted by atomic mass is 10.0. The van der Waals surface area contributed by atoms with Crippen molar-refractivity contribution in [3.8, 4) is 0 Å². The summed E-state index contributed by atoms with van der Waals surface area (Å²) >= 11 is 0. The zero-order valence-corrected chi connectivity index (χ0v) is 12.5. The summed E-state index contributed by atoms with van der Waals surface area (Å²) in [5.41, 5.74) is 0.608. The number of sulfonamides is 1. The fourth-order valence-corrected chi connectivity index (χ4v) is 4.20. The minimum atomic E-state index is -3.48. The van der Waals surface area contributed by atoms with E-state index in [0.717, 1.165) is 12.8 Å². The highest BCUT2D eigenvalue weighted by Crippen LogP contribution is 2.24. The Morgan fingerprint density at radius 2 is 2.25 bits per heavy atom. The van der Waals surface area contributed by atoms with Crippen LogP contribution in [0.25, 0.3) is 0 Å². The van der Waals surface area contributed by atoms with Gasteiger partial charge in [0.1, 0.15) is 0 Å². The van der Waals surface area contributed by atoms with Gasteiger partial charge >= 0.3 is 0 Å². The highest BCUT2D eigenvalue weighted by atomic mass is 32.2. The molecule has 0 aromatic heterocycles. The molecule has 0 saturated carbocycles. The molecule has 1 aromatic rings. The van der Waals surface area contributed by atoms with E-state index in [1.165, 1.54) is 10.4 Å². The minimum Gasteiger partial charge on any atom is -0.392 e. The highest BCUT2D eigenvalue weighted by molar-refractivity contribution is 7.89. The molecule has 0 bridgehead atoms. The van der Waals surface area contributed by atoms with E-state index in [-0.39, 0.29) is 17.4 Å². The first kappa shape index (κ1) is 15.4. The summed E-state index contributed by atoms with van der Waals surface area (Å²) in [4.78, 5) is 0.252. The summed E-state index contributed by atoms with van der Waals surface area (Å²) in [6.45, 7) is 1.48. The summed E-state index contributed by atoms with van der Waals surface area (Å²) in [5.74, 6) is 0.254. The molecule has 6 heteroatoms. The quantitative estimate of drug-likeness (QED) is 0.888. The number of methoxy groups -OCH3 is 1. The highest BCUT2D eigenvalue weighted by Gasteiger charge is 2.30. The molecule has 1 unspecified atom stereocenters. The van der Waals surface area contributed by atoms with E-state index in [4.69, 9.17) is 9.84 Å². The van der Waals surface area contributed by atoms with E-state index in [1.54, 1.807) is 25.3 Å². The topological polar surface area (TPSA) is 66.8 Å². The lowest BCUT2D eigenvalue weighted by Gasteiger charge is -2.31. The van der Waals surface area contributed by atoms with Crippen LogP contribution in [-0.4, -0.2) is 44.6 Å². The van der Waals surface area contributed by atoms with Gasteiger partial charge in [0.15, 0.2) is 0 Å². The van der Waals surface area contributed by atoms with Crippen molar-refractivity contribution in [2.75, 3.05) is 26.8 Å². The number of aliphatic hydroxyl groups excluding tert-OH is 1. The average molecular weight is 299 g/mol. The fraction of sp³-hybridized carbons (Fsp3) is 0.571. The second-order valence-corrected chi connectivity index (χ2v) is 7.07. The molecule has 1 heterocycles. The first-order valence-corrected chi connectivity index (χ1v) is 8.21. The molecule has 1 N–H and O–H groups in total. The smallest absolute Gasteiger partial charge is 0.243 e. The molecule has 1 aliphatic heterocycles. The van der Waals surface area contributed by atoms with Crippen molar-refractivity contribution in [1.29, 1.82) is 0 Å². The molecule has 1 fully saturated rings. The second kappa shape index (κ2) is 6.67. The number of hydrogen-bond acceptors (Lipinski definition) is 4. The number of hydrogen-bond donors (Lipinski definition) is 1. The van der Waals surface area contributed by atoms with Crippen molar-refractivity contribution in [3.63, 3.8) is 0 Å². The van der Waals surface area contributed by atoms with Crippen molar-refractivity contribution in [2.45, 2.75) is 24.3 Å². The van der Waals surface area contributed by atoms with Gasteiger partial charge in [-0.1, -0.05) is 12.1 Å². The SMILES string of the molecule is COCC1CCCN(S(=O)(=O)c2cccc(CO)c2)C1. The molecule has 2 rings (SSSR count). The van der Waals surface area contributed by atoms with Gasteiger partial charge in [0.05, 0.1) is 18.1 Å². The van der Waals surface area contributed by atoms with Crippen LogP contribution in [0.1, 0.15) is 18.4 Å². The Kier molecular flexibility index (Phi) is 5.15. The maximum Gasteiger partial charge on any atom is 0.243 e. The van der Waals surface area contributed by atoms with Crippen LogP contribution in [0, 0.1) is 5.92 Å². The monoisotopic (exact) mass is 299 g/mol. The van der Waals surface area contributed by atoms with Crippen LogP contribution in [0.3, 0.4) is 0 Å². The zero-order valence-electron chi connectivity index (χ0n) is 11.7. The van der Waals surface area contributed by atoms with Crippen molar-refractivity contribution >= 4 is 10.0 Å². The zero-order chi connectivity index (χ0) is 14.6. The van der Waals surface area contributed by atoms with Crippen LogP contribution in [0.15, 0.2) is 29.2 Å². The van der Waals surface area contributed by atoms with Gasteiger partial charge in [-0.3, -0.25) is 0 Å². The number of aliphatic hydroxyl groups is 1. The van der Waals surface area contributed by atoms with Gasteiger partial charge in [-0.25, -0.2) is 8.42 Å². The number of benzene rings is 1. The molecule has 20 heavy (non-hydrogen) atoms. The minimum absolute atomic E-state index is 0.157. The van der Waals surface area contributed by atoms with Gasteiger partial charge in [0.25, 0.3) is 0 Å². The third-order valence-corrected chi connectivity index (χ3v) is 5.46. The molecule has 1 saturated heterocycles. The van der Waals surface area contributed by atoms with Crippen LogP contribution in [0.2, 0.25) is 0 Å². The summed E-state index contributed by atoms with van der Waals surface area (Å²) < 4.78 is 31.9. The standard InChI is InChI=1S/C14H21NO4S/c1-19-11-13-5-3-7-15(9-13)20(17,18)14-6-2-4-12(8-14)10-16/h2,4,6,8,13,16H,3,5,7,9-11H2,1H3. The molecule has 0 radical (unpaired) electrons. The van der Waals surface area contributed by atoms with Crippen LogP contribution in [-0.2, 0) is 21.4 Å². The van der Waals surface area contributed by atoms with Crippen molar-refractivity contribution < 1.29 is 18.3 Å². The van der Waals surface area contributed by atoms with Gasteiger partial charge in [0.2, 0.25) is 10.0 Å². The molecular formula is C14H21NO4S. The lowest BCUT2D eigenvalue weighted by molar-refractivity contribution is 0.118. The van der Waals surface area contributed by atoms with Crippen LogP contribution in [0.5, 0.6) is 0 Å². The summed E-state index contributed by atoms with van der Waals surface area (Å²) in [6, 6.07) is 6.49. The Morgan fingerprint density at radius 3 is 2.95 bits per heavy atom. The second-order valence-electron chi connectivity index (χ2n) is 5.13. The maximum atomic E-state index is 12.6. The van der Waals surface area contributed by atoms with E-state index >= 15 is 0 Å². The molecule has 0 amide bonds. The predicted molar refractivity (Wildman–Crippen MR) is 75.7 cm³/mol. The summed E-state index contributed by atoms with van der Waals surface area (Å²) in [6.07, 6.45) is 1.85. The number of nitrogens with zero attached hydrogens (tertiary/aromatic N) is 1. The maximum absolute atomic E-state index is 12.6. The van der Waals surface area contributed by atoms with E-state index in [0.29, 0.717) is 25.3 Å². The van der Waals surface area contributed by atoms with E-state index in [2.05, 4.69) is 0 Å². The normalized spacial score (nSPS) is 21.0. The molecule has 1 aliphatic rings. The molecule has 0 aliphatic carbocycles. The number of rotatable bonds is 5. The molecule has 1 aromatic carbocycles. The van der Waals surface area contributed by atoms with Gasteiger partial charge in [0, 0.05) is 20.2 Å². The first-order valence-electron chi connectivity index (χ1n) is 6.77. The Bertz CT molecular complexity index is 542. The lowest BCUT2D eigenvalue weighted by Crippen LogP contribution is -2.41. The first-order chi connectivity index (χ1) is 9.57. The van der Waals surface area contributed by atoms with Crippen LogP contribution >= 0.6 is 0 Å².